The van der Waals surface area contributed by atoms with Crippen LogP contribution in [0.1, 0.15) is 57.0 Å². The van der Waals surface area contributed by atoms with Crippen LogP contribution in [-0.2, 0) is 0 Å². The molecule has 24 heavy (non-hydrogen) atoms. The first-order valence-electron chi connectivity index (χ1n) is 8.21. The molecular weight excluding hydrogens is 417 g/mol. The Morgan fingerprint density at radius 1 is 1.42 bits per heavy atom. The molecule has 0 saturated carbocycles. The third-order valence-corrected chi connectivity index (χ3v) is 4.86. The molecule has 0 radical (unpaired) electrons. The number of H-pyrrole nitrogens is 1. The molecule has 1 unspecified atom stereocenters. The summed E-state index contributed by atoms with van der Waals surface area (Å²) in [6, 6.07) is 2.15. The summed E-state index contributed by atoms with van der Waals surface area (Å²) in [5.74, 6) is 0.856. The Labute approximate surface area is 155 Å². The Kier molecular flexibility index (Phi) is 4.91. The molecule has 0 spiro atoms. The number of aromatic amines is 1. The van der Waals surface area contributed by atoms with Crippen molar-refractivity contribution >= 4 is 28.3 Å². The fourth-order valence-electron chi connectivity index (χ4n) is 3.11. The van der Waals surface area contributed by atoms with Crippen molar-refractivity contribution in [2.24, 2.45) is 0 Å². The number of nitrogens with zero attached hydrogens (tertiary/aromatic N) is 3. The zero-order valence-electron chi connectivity index (χ0n) is 14.4. The number of hydrogen-bond donors (Lipinski definition) is 2. The van der Waals surface area contributed by atoms with Gasteiger partial charge in [0.15, 0.2) is 0 Å². The van der Waals surface area contributed by atoms with E-state index in [9.17, 15) is 4.79 Å². The third kappa shape index (κ3) is 3.06. The van der Waals surface area contributed by atoms with E-state index in [1.807, 2.05) is 24.3 Å². The molecule has 128 valence electrons. The number of pyridine rings is 1. The van der Waals surface area contributed by atoms with Crippen molar-refractivity contribution in [1.29, 1.82) is 0 Å². The molecule has 0 bridgehead atoms. The Bertz CT molecular complexity index is 817. The number of halogens is 1. The van der Waals surface area contributed by atoms with Crippen molar-refractivity contribution in [3.05, 3.63) is 37.6 Å². The Balaban J connectivity index is 2.17. The van der Waals surface area contributed by atoms with Crippen LogP contribution in [0, 0.1) is 3.57 Å². The standard InChI is InChI=1S/C17H22IN5O/c1-5-6-12-14-15(22-23(12)4)17(24)21-16(20-14)11-7-10(18)8-19-13(11)9(2)3/h7-9,12,22H,5-6H2,1-4H3,(H,20,21,24). The molecule has 2 N–H and O–H groups in total. The number of hydrazine groups is 1. The second-order valence-electron chi connectivity index (χ2n) is 6.44. The number of aromatic nitrogens is 3. The molecule has 2 aromatic rings. The molecule has 7 heteroatoms. The Morgan fingerprint density at radius 2 is 2.17 bits per heavy atom. The van der Waals surface area contributed by atoms with E-state index in [1.54, 1.807) is 0 Å². The maximum atomic E-state index is 12.6. The highest BCUT2D eigenvalue weighted by atomic mass is 127. The van der Waals surface area contributed by atoms with Crippen LogP contribution in [0.25, 0.3) is 11.4 Å². The lowest BCUT2D eigenvalue weighted by atomic mass is 10.0. The van der Waals surface area contributed by atoms with Crippen LogP contribution in [0.4, 0.5) is 5.69 Å². The van der Waals surface area contributed by atoms with Gasteiger partial charge in [0, 0.05) is 22.4 Å². The van der Waals surface area contributed by atoms with Crippen LogP contribution in [-0.4, -0.2) is 27.0 Å². The van der Waals surface area contributed by atoms with Gasteiger partial charge in [-0.15, -0.1) is 0 Å². The van der Waals surface area contributed by atoms with Gasteiger partial charge in [0.25, 0.3) is 5.56 Å². The topological polar surface area (TPSA) is 73.9 Å². The summed E-state index contributed by atoms with van der Waals surface area (Å²) in [5.41, 5.74) is 6.25. The molecule has 1 atom stereocenters. The number of fused-ring (bicyclic) bond motifs is 1. The number of hydrogen-bond acceptors (Lipinski definition) is 5. The minimum absolute atomic E-state index is 0.115. The SMILES string of the molecule is CCCC1c2nc(-c3cc(I)cnc3C(C)C)[nH]c(=O)c2NN1C. The zero-order valence-corrected chi connectivity index (χ0v) is 16.5. The fourth-order valence-corrected chi connectivity index (χ4v) is 3.56. The van der Waals surface area contributed by atoms with Crippen LogP contribution in [0.15, 0.2) is 17.1 Å². The molecule has 0 aliphatic carbocycles. The Morgan fingerprint density at radius 3 is 2.83 bits per heavy atom. The fraction of sp³-hybridized carbons (Fsp3) is 0.471. The van der Waals surface area contributed by atoms with Crippen LogP contribution < -0.4 is 11.0 Å². The van der Waals surface area contributed by atoms with Gasteiger partial charge in [-0.3, -0.25) is 9.78 Å². The summed E-state index contributed by atoms with van der Waals surface area (Å²) in [4.78, 5) is 24.9. The monoisotopic (exact) mass is 439 g/mol. The molecule has 1 aliphatic rings. The highest BCUT2D eigenvalue weighted by Gasteiger charge is 2.31. The van der Waals surface area contributed by atoms with Gasteiger partial charge in [-0.05, 0) is 41.0 Å². The summed E-state index contributed by atoms with van der Waals surface area (Å²) in [7, 11) is 1.95. The highest BCUT2D eigenvalue weighted by molar-refractivity contribution is 14.1. The van der Waals surface area contributed by atoms with Crippen molar-refractivity contribution < 1.29 is 0 Å². The minimum atomic E-state index is -0.131. The van der Waals surface area contributed by atoms with Crippen molar-refractivity contribution in [3.8, 4) is 11.4 Å². The summed E-state index contributed by atoms with van der Waals surface area (Å²) in [5, 5.41) is 1.97. The molecule has 6 nitrogen and oxygen atoms in total. The van der Waals surface area contributed by atoms with E-state index in [-0.39, 0.29) is 17.5 Å². The molecule has 0 fully saturated rings. The van der Waals surface area contributed by atoms with E-state index >= 15 is 0 Å². The van der Waals surface area contributed by atoms with Gasteiger partial charge in [-0.2, -0.15) is 0 Å². The second-order valence-corrected chi connectivity index (χ2v) is 7.69. The van der Waals surface area contributed by atoms with Gasteiger partial charge in [0.1, 0.15) is 11.5 Å². The van der Waals surface area contributed by atoms with Gasteiger partial charge in [-0.1, -0.05) is 27.2 Å². The van der Waals surface area contributed by atoms with Gasteiger partial charge in [0.2, 0.25) is 0 Å². The molecule has 0 aromatic carbocycles. The number of anilines is 1. The Hall–Kier alpha value is -1.48. The van der Waals surface area contributed by atoms with Crippen molar-refractivity contribution in [3.63, 3.8) is 0 Å². The third-order valence-electron chi connectivity index (χ3n) is 4.27. The van der Waals surface area contributed by atoms with E-state index < -0.39 is 0 Å². The van der Waals surface area contributed by atoms with E-state index in [4.69, 9.17) is 4.98 Å². The summed E-state index contributed by atoms with van der Waals surface area (Å²) in [6.07, 6.45) is 3.83. The first kappa shape index (κ1) is 17.3. The van der Waals surface area contributed by atoms with Crippen LogP contribution in [0.3, 0.4) is 0 Å². The second kappa shape index (κ2) is 6.79. The summed E-state index contributed by atoms with van der Waals surface area (Å²) < 4.78 is 1.02. The minimum Gasteiger partial charge on any atom is -0.312 e. The predicted octanol–water partition coefficient (Wildman–Crippen LogP) is 3.67. The smallest absolute Gasteiger partial charge is 0.276 e. The van der Waals surface area contributed by atoms with Crippen molar-refractivity contribution in [2.75, 3.05) is 12.5 Å². The molecule has 0 amide bonds. The largest absolute Gasteiger partial charge is 0.312 e. The van der Waals surface area contributed by atoms with Crippen molar-refractivity contribution in [2.45, 2.75) is 45.6 Å². The molecule has 1 aliphatic heterocycles. The van der Waals surface area contributed by atoms with Gasteiger partial charge < -0.3 is 10.4 Å². The van der Waals surface area contributed by atoms with Crippen LogP contribution in [0.2, 0.25) is 0 Å². The predicted molar refractivity (Wildman–Crippen MR) is 104 cm³/mol. The zero-order chi connectivity index (χ0) is 17.4. The molecule has 0 saturated heterocycles. The maximum absolute atomic E-state index is 12.6. The van der Waals surface area contributed by atoms with Crippen LogP contribution in [0.5, 0.6) is 0 Å². The van der Waals surface area contributed by atoms with Crippen LogP contribution >= 0.6 is 22.6 Å². The first-order valence-corrected chi connectivity index (χ1v) is 9.29. The van der Waals surface area contributed by atoms with E-state index in [2.05, 4.69) is 58.8 Å². The average molecular weight is 439 g/mol. The van der Waals surface area contributed by atoms with Crippen molar-refractivity contribution in [1.82, 2.24) is 20.0 Å². The normalized spacial score (nSPS) is 17.2. The van der Waals surface area contributed by atoms with E-state index in [0.717, 1.165) is 33.4 Å². The lowest BCUT2D eigenvalue weighted by Gasteiger charge is -2.18. The number of nitrogens with one attached hydrogen (secondary N) is 2. The molecule has 2 aromatic heterocycles. The van der Waals surface area contributed by atoms with Gasteiger partial charge in [-0.25, -0.2) is 9.99 Å². The highest BCUT2D eigenvalue weighted by Crippen LogP contribution is 2.35. The maximum Gasteiger partial charge on any atom is 0.276 e. The molecular formula is C17H22IN5O. The average Bonchev–Trinajstić information content (AvgIpc) is 2.84. The molecule has 3 rings (SSSR count). The summed E-state index contributed by atoms with van der Waals surface area (Å²) >= 11 is 2.24. The lowest BCUT2D eigenvalue weighted by molar-refractivity contribution is 0.297. The lowest BCUT2D eigenvalue weighted by Crippen LogP contribution is -2.23. The molecule has 3 heterocycles. The van der Waals surface area contributed by atoms with Gasteiger partial charge in [0.05, 0.1) is 17.4 Å². The number of rotatable bonds is 4. The van der Waals surface area contributed by atoms with Gasteiger partial charge >= 0.3 is 0 Å². The van der Waals surface area contributed by atoms with E-state index in [1.165, 1.54) is 0 Å². The quantitative estimate of drug-likeness (QED) is 0.712. The van der Waals surface area contributed by atoms with E-state index in [0.29, 0.717) is 11.5 Å². The first-order chi connectivity index (χ1) is 11.4. The summed E-state index contributed by atoms with van der Waals surface area (Å²) in [6.45, 7) is 6.33.